The number of rotatable bonds is 0. The van der Waals surface area contributed by atoms with Gasteiger partial charge < -0.3 is 0 Å². The standard InChI is InChI=1S/C2H6Si.B/c1-3-2;/h1-2H3;. The summed E-state index contributed by atoms with van der Waals surface area (Å²) in [5.41, 5.74) is 0. The van der Waals surface area contributed by atoms with E-state index in [-0.39, 0.29) is 8.41 Å². The molecule has 0 N–H and O–H groups in total. The first-order valence-corrected chi connectivity index (χ1v) is 3.00. The van der Waals surface area contributed by atoms with Gasteiger partial charge in [0.1, 0.15) is 0 Å². The predicted octanol–water partition coefficient (Wildman–Crippen LogP) is 0.406. The minimum atomic E-state index is 0. The molecule has 0 fully saturated rings. The monoisotopic (exact) mass is 69.0 g/mol. The van der Waals surface area contributed by atoms with E-state index in [0.29, 0.717) is 0 Å². The van der Waals surface area contributed by atoms with Crippen LogP contribution in [0.5, 0.6) is 0 Å². The van der Waals surface area contributed by atoms with Crippen LogP contribution in [0.15, 0.2) is 0 Å². The maximum Gasteiger partial charge on any atom is 0.0307 e. The zero-order valence-electron chi connectivity index (χ0n) is 3.08. The molecule has 21 valence electrons. The summed E-state index contributed by atoms with van der Waals surface area (Å²) in [5, 5.41) is 0. The first kappa shape index (κ1) is 8.86. The molecule has 0 atom stereocenters. The summed E-state index contributed by atoms with van der Waals surface area (Å²) in [4.78, 5) is 0. The van der Waals surface area contributed by atoms with E-state index in [4.69, 9.17) is 0 Å². The molecule has 0 saturated carbocycles. The van der Waals surface area contributed by atoms with Gasteiger partial charge in [0.25, 0.3) is 0 Å². The third kappa shape index (κ3) is 47.2. The van der Waals surface area contributed by atoms with Crippen molar-refractivity contribution in [3.63, 3.8) is 0 Å². The molecule has 0 unspecified atom stereocenters. The van der Waals surface area contributed by atoms with Gasteiger partial charge in [-0.25, -0.2) is 0 Å². The highest BCUT2D eigenvalue weighted by Gasteiger charge is 1.39. The van der Waals surface area contributed by atoms with Gasteiger partial charge in [0, 0.05) is 17.9 Å². The maximum absolute atomic E-state index is 2.15. The highest BCUT2D eigenvalue weighted by Crippen LogP contribution is 1.36. The third-order valence-corrected chi connectivity index (χ3v) is 0. The first-order chi connectivity index (χ1) is 1.41. The van der Waals surface area contributed by atoms with Crippen molar-refractivity contribution in [2.45, 2.75) is 13.1 Å². The predicted molar refractivity (Wildman–Crippen MR) is 23.2 cm³/mol. The van der Waals surface area contributed by atoms with Gasteiger partial charge in [0.05, 0.1) is 0 Å². The van der Waals surface area contributed by atoms with Gasteiger partial charge in [-0.15, -0.1) is 0 Å². The van der Waals surface area contributed by atoms with Crippen LogP contribution in [0.3, 0.4) is 0 Å². The van der Waals surface area contributed by atoms with Crippen LogP contribution in [0.1, 0.15) is 0 Å². The highest BCUT2D eigenvalue weighted by atomic mass is 28.2. The number of hydrogen-bond donors (Lipinski definition) is 0. The van der Waals surface area contributed by atoms with Gasteiger partial charge >= 0.3 is 0 Å². The molecule has 0 nitrogen and oxygen atoms in total. The lowest BCUT2D eigenvalue weighted by molar-refractivity contribution is 2.14. The third-order valence-electron chi connectivity index (χ3n) is 0. The van der Waals surface area contributed by atoms with Crippen LogP contribution in [-0.2, 0) is 0 Å². The summed E-state index contributed by atoms with van der Waals surface area (Å²) < 4.78 is 0. The summed E-state index contributed by atoms with van der Waals surface area (Å²) in [6, 6.07) is 0. The minimum Gasteiger partial charge on any atom is -0.0735 e. The van der Waals surface area contributed by atoms with Crippen LogP contribution in [0, 0.1) is 0 Å². The number of hydrogen-bond acceptors (Lipinski definition) is 0. The van der Waals surface area contributed by atoms with Gasteiger partial charge in [0.2, 0.25) is 0 Å². The zero-order valence-corrected chi connectivity index (χ0v) is 4.08. The molecule has 0 aromatic carbocycles. The lowest BCUT2D eigenvalue weighted by atomic mass is 10.8. The summed E-state index contributed by atoms with van der Waals surface area (Å²) in [6.07, 6.45) is 0. The summed E-state index contributed by atoms with van der Waals surface area (Å²) in [5.74, 6) is 0. The Hall–Kier alpha value is 0.282. The van der Waals surface area contributed by atoms with Crippen LogP contribution >= 0.6 is 0 Å². The molecule has 0 spiro atoms. The Bertz CT molecular complexity index is 6.00. The molecule has 0 aliphatic rings. The Morgan fingerprint density at radius 1 is 1.25 bits per heavy atom. The summed E-state index contributed by atoms with van der Waals surface area (Å²) in [6.45, 7) is 4.31. The van der Waals surface area contributed by atoms with Crippen LogP contribution in [-0.4, -0.2) is 17.9 Å². The van der Waals surface area contributed by atoms with E-state index in [1.165, 1.54) is 0 Å². The van der Waals surface area contributed by atoms with Gasteiger partial charge in [-0.3, -0.25) is 0 Å². The van der Waals surface area contributed by atoms with Crippen LogP contribution in [0.2, 0.25) is 13.1 Å². The van der Waals surface area contributed by atoms with Crippen molar-refractivity contribution >= 4 is 17.9 Å². The molecule has 0 rings (SSSR count). The lowest BCUT2D eigenvalue weighted by Crippen LogP contribution is -1.53. The van der Waals surface area contributed by atoms with Crippen molar-refractivity contribution in [3.8, 4) is 0 Å². The average molecular weight is 69.0 g/mol. The minimum absolute atomic E-state index is 0. The molecule has 0 aromatic rings. The molecule has 0 bridgehead atoms. The van der Waals surface area contributed by atoms with E-state index >= 15 is 0 Å². The molecule has 0 aliphatic carbocycles. The quantitative estimate of drug-likeness (QED) is 0.361. The molecule has 5 radical (unpaired) electrons. The van der Waals surface area contributed by atoms with Crippen molar-refractivity contribution in [1.82, 2.24) is 0 Å². The van der Waals surface area contributed by atoms with Crippen molar-refractivity contribution in [2.24, 2.45) is 0 Å². The molecule has 0 amide bonds. The fraction of sp³-hybridized carbons (Fsp3) is 1.00. The van der Waals surface area contributed by atoms with Crippen molar-refractivity contribution in [2.75, 3.05) is 0 Å². The largest absolute Gasteiger partial charge is 0.0735 e. The van der Waals surface area contributed by atoms with E-state index in [9.17, 15) is 0 Å². The smallest absolute Gasteiger partial charge is 0.0307 e. The highest BCUT2D eigenvalue weighted by molar-refractivity contribution is 6.31. The SMILES string of the molecule is C[Si]C.[B]. The molecular weight excluding hydrogens is 62.9 g/mol. The van der Waals surface area contributed by atoms with Crippen LogP contribution in [0.4, 0.5) is 0 Å². The average Bonchev–Trinajstić information content (AvgIpc) is 0.918. The second-order valence-corrected chi connectivity index (χ2v) is 1.50. The second-order valence-electron chi connectivity index (χ2n) is 0.500. The Kier molecular flexibility index (Phi) is 23.0. The van der Waals surface area contributed by atoms with E-state index in [1.54, 1.807) is 0 Å². The van der Waals surface area contributed by atoms with Gasteiger partial charge in [-0.2, -0.15) is 0 Å². The lowest BCUT2D eigenvalue weighted by Gasteiger charge is -1.44. The molecule has 2 heteroatoms. The van der Waals surface area contributed by atoms with Gasteiger partial charge in [0.15, 0.2) is 0 Å². The van der Waals surface area contributed by atoms with Crippen LogP contribution < -0.4 is 0 Å². The van der Waals surface area contributed by atoms with Crippen molar-refractivity contribution in [1.29, 1.82) is 0 Å². The Morgan fingerprint density at radius 2 is 1.25 bits per heavy atom. The fourth-order valence-electron chi connectivity index (χ4n) is 0. The topological polar surface area (TPSA) is 0 Å². The summed E-state index contributed by atoms with van der Waals surface area (Å²) in [7, 11) is 1.08. The Balaban J connectivity index is 0. The van der Waals surface area contributed by atoms with Gasteiger partial charge in [-0.1, -0.05) is 13.1 Å². The zero-order chi connectivity index (χ0) is 2.71. The molecule has 0 heterocycles. The molecule has 4 heavy (non-hydrogen) atoms. The van der Waals surface area contributed by atoms with Gasteiger partial charge in [-0.05, 0) is 0 Å². The molecule has 0 aromatic heterocycles. The Labute approximate surface area is 32.0 Å². The molecule has 0 aliphatic heterocycles. The van der Waals surface area contributed by atoms with Crippen molar-refractivity contribution < 1.29 is 0 Å². The maximum atomic E-state index is 2.15. The van der Waals surface area contributed by atoms with E-state index in [2.05, 4.69) is 13.1 Å². The second kappa shape index (κ2) is 10.4. The fourth-order valence-corrected chi connectivity index (χ4v) is 0. The Morgan fingerprint density at radius 3 is 1.25 bits per heavy atom. The van der Waals surface area contributed by atoms with Crippen molar-refractivity contribution in [3.05, 3.63) is 0 Å². The summed E-state index contributed by atoms with van der Waals surface area (Å²) >= 11 is 0. The normalized spacial score (nSPS) is 4.50. The molecular formula is C2H6BSi. The van der Waals surface area contributed by atoms with Crippen LogP contribution in [0.25, 0.3) is 0 Å². The first-order valence-electron chi connectivity index (χ1n) is 1.00. The van der Waals surface area contributed by atoms with E-state index in [0.717, 1.165) is 9.52 Å². The van der Waals surface area contributed by atoms with E-state index in [1.807, 2.05) is 0 Å². The van der Waals surface area contributed by atoms with E-state index < -0.39 is 0 Å². The molecule has 0 saturated heterocycles.